The van der Waals surface area contributed by atoms with Gasteiger partial charge in [-0.1, -0.05) is 6.07 Å². The predicted octanol–water partition coefficient (Wildman–Crippen LogP) is 1.72. The predicted molar refractivity (Wildman–Crippen MR) is 60.7 cm³/mol. The van der Waals surface area contributed by atoms with Crippen LogP contribution in [0, 0.1) is 11.3 Å². The van der Waals surface area contributed by atoms with Gasteiger partial charge in [-0.05, 0) is 37.6 Å². The Balaban J connectivity index is 2.00. The van der Waals surface area contributed by atoms with Crippen LogP contribution in [0.5, 0.6) is 0 Å². The first-order chi connectivity index (χ1) is 7.38. The quantitative estimate of drug-likeness (QED) is 0.766. The van der Waals surface area contributed by atoms with E-state index in [1.165, 1.54) is 12.8 Å². The van der Waals surface area contributed by atoms with Gasteiger partial charge in [0.1, 0.15) is 0 Å². The molecule has 3 nitrogen and oxygen atoms in total. The van der Waals surface area contributed by atoms with E-state index in [-0.39, 0.29) is 0 Å². The third-order valence-corrected chi connectivity index (χ3v) is 2.66. The normalized spacial score (nSPS) is 20.6. The molecule has 0 amide bonds. The highest BCUT2D eigenvalue weighted by atomic mass is 15.0. The van der Waals surface area contributed by atoms with E-state index in [1.807, 2.05) is 24.3 Å². The SMILES string of the molecule is N#Cc1cccc(NC2CCCNC2)c1. The van der Waals surface area contributed by atoms with Crippen LogP contribution in [-0.2, 0) is 0 Å². The Kier molecular flexibility index (Phi) is 3.21. The average Bonchev–Trinajstić information content (AvgIpc) is 2.31. The summed E-state index contributed by atoms with van der Waals surface area (Å²) in [7, 11) is 0. The Morgan fingerprint density at radius 3 is 3.13 bits per heavy atom. The van der Waals surface area contributed by atoms with Gasteiger partial charge >= 0.3 is 0 Å². The van der Waals surface area contributed by atoms with Crippen LogP contribution >= 0.6 is 0 Å². The van der Waals surface area contributed by atoms with Crippen molar-refractivity contribution in [1.29, 1.82) is 5.26 Å². The molecular formula is C12H15N3. The van der Waals surface area contributed by atoms with Crippen molar-refractivity contribution in [3.8, 4) is 6.07 Å². The van der Waals surface area contributed by atoms with Crippen molar-refractivity contribution in [2.24, 2.45) is 0 Å². The summed E-state index contributed by atoms with van der Waals surface area (Å²) in [5.74, 6) is 0. The Hall–Kier alpha value is -1.53. The highest BCUT2D eigenvalue weighted by molar-refractivity contribution is 5.49. The van der Waals surface area contributed by atoms with E-state index in [4.69, 9.17) is 5.26 Å². The van der Waals surface area contributed by atoms with Crippen LogP contribution in [-0.4, -0.2) is 19.1 Å². The molecule has 1 aliphatic heterocycles. The number of rotatable bonds is 2. The van der Waals surface area contributed by atoms with Gasteiger partial charge in [0.05, 0.1) is 11.6 Å². The van der Waals surface area contributed by atoms with Gasteiger partial charge < -0.3 is 10.6 Å². The molecule has 2 N–H and O–H groups in total. The minimum absolute atomic E-state index is 0.493. The number of nitrogens with zero attached hydrogens (tertiary/aromatic N) is 1. The fraction of sp³-hybridized carbons (Fsp3) is 0.417. The number of piperidine rings is 1. The molecule has 0 spiro atoms. The average molecular weight is 201 g/mol. The van der Waals surface area contributed by atoms with Crippen LogP contribution in [0.2, 0.25) is 0 Å². The maximum absolute atomic E-state index is 8.78. The number of hydrogen-bond acceptors (Lipinski definition) is 3. The van der Waals surface area contributed by atoms with Crippen LogP contribution in [0.25, 0.3) is 0 Å². The zero-order chi connectivity index (χ0) is 10.5. The summed E-state index contributed by atoms with van der Waals surface area (Å²) in [5.41, 5.74) is 1.76. The lowest BCUT2D eigenvalue weighted by Gasteiger charge is -2.24. The summed E-state index contributed by atoms with van der Waals surface area (Å²) >= 11 is 0. The Labute approximate surface area is 90.1 Å². The summed E-state index contributed by atoms with van der Waals surface area (Å²) < 4.78 is 0. The number of benzene rings is 1. The number of hydrogen-bond donors (Lipinski definition) is 2. The molecule has 0 bridgehead atoms. The molecule has 1 aliphatic rings. The summed E-state index contributed by atoms with van der Waals surface area (Å²) in [6.45, 7) is 2.13. The molecule has 0 aliphatic carbocycles. The summed E-state index contributed by atoms with van der Waals surface area (Å²) in [4.78, 5) is 0. The topological polar surface area (TPSA) is 47.9 Å². The molecule has 78 valence electrons. The molecule has 15 heavy (non-hydrogen) atoms. The van der Waals surface area contributed by atoms with Crippen LogP contribution in [0.4, 0.5) is 5.69 Å². The van der Waals surface area contributed by atoms with Crippen molar-refractivity contribution in [2.45, 2.75) is 18.9 Å². The van der Waals surface area contributed by atoms with Crippen LogP contribution in [0.15, 0.2) is 24.3 Å². The van der Waals surface area contributed by atoms with E-state index in [9.17, 15) is 0 Å². The lowest BCUT2D eigenvalue weighted by atomic mass is 10.1. The molecule has 1 fully saturated rings. The van der Waals surface area contributed by atoms with Crippen molar-refractivity contribution in [3.63, 3.8) is 0 Å². The number of anilines is 1. The van der Waals surface area contributed by atoms with Crippen LogP contribution in [0.1, 0.15) is 18.4 Å². The third kappa shape index (κ3) is 2.71. The smallest absolute Gasteiger partial charge is 0.0992 e. The summed E-state index contributed by atoms with van der Waals surface area (Å²) in [6.07, 6.45) is 2.42. The molecule has 2 rings (SSSR count). The lowest BCUT2D eigenvalue weighted by Crippen LogP contribution is -2.38. The van der Waals surface area contributed by atoms with Crippen LogP contribution in [0.3, 0.4) is 0 Å². The van der Waals surface area contributed by atoms with Crippen molar-refractivity contribution in [2.75, 3.05) is 18.4 Å². The largest absolute Gasteiger partial charge is 0.381 e. The van der Waals surface area contributed by atoms with Gasteiger partial charge in [0.2, 0.25) is 0 Å². The molecule has 1 aromatic carbocycles. The van der Waals surface area contributed by atoms with E-state index in [0.717, 1.165) is 18.8 Å². The molecular weight excluding hydrogens is 186 g/mol. The van der Waals surface area contributed by atoms with Crippen molar-refractivity contribution >= 4 is 5.69 Å². The van der Waals surface area contributed by atoms with E-state index in [2.05, 4.69) is 16.7 Å². The van der Waals surface area contributed by atoms with E-state index < -0.39 is 0 Å². The molecule has 3 heteroatoms. The fourth-order valence-corrected chi connectivity index (χ4v) is 1.89. The molecule has 0 saturated carbocycles. The Morgan fingerprint density at radius 1 is 1.47 bits per heavy atom. The molecule has 0 aromatic heterocycles. The van der Waals surface area contributed by atoms with E-state index in [1.54, 1.807) is 0 Å². The number of nitriles is 1. The first-order valence-corrected chi connectivity index (χ1v) is 5.36. The molecule has 1 aromatic rings. The minimum atomic E-state index is 0.493. The first-order valence-electron chi connectivity index (χ1n) is 5.36. The third-order valence-electron chi connectivity index (χ3n) is 2.66. The second-order valence-corrected chi connectivity index (χ2v) is 3.88. The van der Waals surface area contributed by atoms with E-state index in [0.29, 0.717) is 11.6 Å². The van der Waals surface area contributed by atoms with Crippen molar-refractivity contribution in [1.82, 2.24) is 5.32 Å². The van der Waals surface area contributed by atoms with Gasteiger partial charge in [-0.25, -0.2) is 0 Å². The molecule has 1 atom stereocenters. The highest BCUT2D eigenvalue weighted by Gasteiger charge is 2.11. The molecule has 0 radical (unpaired) electrons. The zero-order valence-corrected chi connectivity index (χ0v) is 8.66. The fourth-order valence-electron chi connectivity index (χ4n) is 1.89. The van der Waals surface area contributed by atoms with Gasteiger partial charge in [-0.2, -0.15) is 5.26 Å². The van der Waals surface area contributed by atoms with Gasteiger partial charge in [0.15, 0.2) is 0 Å². The first kappa shape index (κ1) is 10.0. The lowest BCUT2D eigenvalue weighted by molar-refractivity contribution is 0.480. The van der Waals surface area contributed by atoms with Gasteiger partial charge in [0, 0.05) is 18.3 Å². The van der Waals surface area contributed by atoms with Gasteiger partial charge in [0.25, 0.3) is 0 Å². The second-order valence-electron chi connectivity index (χ2n) is 3.88. The monoisotopic (exact) mass is 201 g/mol. The Bertz CT molecular complexity index is 361. The van der Waals surface area contributed by atoms with Crippen molar-refractivity contribution < 1.29 is 0 Å². The highest BCUT2D eigenvalue weighted by Crippen LogP contribution is 2.13. The molecule has 1 saturated heterocycles. The number of nitrogens with one attached hydrogen (secondary N) is 2. The maximum Gasteiger partial charge on any atom is 0.0992 e. The van der Waals surface area contributed by atoms with Crippen molar-refractivity contribution in [3.05, 3.63) is 29.8 Å². The molecule has 1 heterocycles. The maximum atomic E-state index is 8.78. The minimum Gasteiger partial charge on any atom is -0.381 e. The van der Waals surface area contributed by atoms with Crippen LogP contribution < -0.4 is 10.6 Å². The summed E-state index contributed by atoms with van der Waals surface area (Å²) in [5, 5.41) is 15.6. The Morgan fingerprint density at radius 2 is 2.40 bits per heavy atom. The van der Waals surface area contributed by atoms with Gasteiger partial charge in [-0.3, -0.25) is 0 Å². The zero-order valence-electron chi connectivity index (χ0n) is 8.66. The second kappa shape index (κ2) is 4.81. The van der Waals surface area contributed by atoms with E-state index >= 15 is 0 Å². The molecule has 1 unspecified atom stereocenters. The van der Waals surface area contributed by atoms with Gasteiger partial charge in [-0.15, -0.1) is 0 Å². The summed E-state index contributed by atoms with van der Waals surface area (Å²) in [6, 6.07) is 10.3. The standard InChI is InChI=1S/C12H15N3/c13-8-10-3-1-4-11(7-10)15-12-5-2-6-14-9-12/h1,3-4,7,12,14-15H,2,5-6,9H2.